The Morgan fingerprint density at radius 3 is 2.50 bits per heavy atom. The molecule has 1 aromatic rings. The zero-order valence-electron chi connectivity index (χ0n) is 10.8. The van der Waals surface area contributed by atoms with Gasteiger partial charge >= 0.3 is 0 Å². The molecular weight excluding hydrogens is 192 g/mol. The molecule has 0 saturated carbocycles. The fourth-order valence-corrected chi connectivity index (χ4v) is 2.07. The number of allylic oxidation sites excluding steroid dienone is 1. The minimum Gasteiger partial charge on any atom is -0.0952 e. The maximum absolute atomic E-state index is 4.23. The van der Waals surface area contributed by atoms with Gasteiger partial charge in [-0.25, -0.2) is 0 Å². The minimum atomic E-state index is 1.10. The summed E-state index contributed by atoms with van der Waals surface area (Å²) in [5.41, 5.74) is 4.12. The molecule has 1 aromatic carbocycles. The van der Waals surface area contributed by atoms with E-state index in [4.69, 9.17) is 0 Å². The highest BCUT2D eigenvalue weighted by Gasteiger charge is 2.03. The first-order valence-electron chi connectivity index (χ1n) is 6.55. The first-order valence-corrected chi connectivity index (χ1v) is 6.55. The third-order valence-corrected chi connectivity index (χ3v) is 3.11. The van der Waals surface area contributed by atoms with E-state index in [0.717, 1.165) is 12.8 Å². The van der Waals surface area contributed by atoms with E-state index in [1.807, 2.05) is 0 Å². The van der Waals surface area contributed by atoms with Crippen LogP contribution >= 0.6 is 0 Å². The van der Waals surface area contributed by atoms with Crippen LogP contribution in [-0.4, -0.2) is 0 Å². The molecule has 0 fully saturated rings. The Hall–Kier alpha value is -1.04. The Bertz CT molecular complexity index is 323. The largest absolute Gasteiger partial charge is 0.0952 e. The molecular formula is C16H24. The lowest BCUT2D eigenvalue weighted by Gasteiger charge is -2.10. The summed E-state index contributed by atoms with van der Waals surface area (Å²) in [5.74, 6) is 0. The molecule has 0 heterocycles. The van der Waals surface area contributed by atoms with E-state index in [-0.39, 0.29) is 0 Å². The average molecular weight is 216 g/mol. The van der Waals surface area contributed by atoms with Gasteiger partial charge in [0.05, 0.1) is 0 Å². The Morgan fingerprint density at radius 2 is 1.81 bits per heavy atom. The second-order valence-corrected chi connectivity index (χ2v) is 4.42. The fraction of sp³-hybridized carbons (Fsp3) is 0.500. The van der Waals surface area contributed by atoms with Gasteiger partial charge < -0.3 is 0 Å². The number of benzene rings is 1. The van der Waals surface area contributed by atoms with E-state index in [1.54, 1.807) is 0 Å². The second kappa shape index (κ2) is 7.27. The molecule has 0 spiro atoms. The van der Waals surface area contributed by atoms with Crippen molar-refractivity contribution in [1.29, 1.82) is 0 Å². The second-order valence-electron chi connectivity index (χ2n) is 4.42. The van der Waals surface area contributed by atoms with Crippen LogP contribution < -0.4 is 0 Å². The van der Waals surface area contributed by atoms with E-state index in [9.17, 15) is 0 Å². The fourth-order valence-electron chi connectivity index (χ4n) is 2.07. The number of aryl methyl sites for hydroxylation is 1. The van der Waals surface area contributed by atoms with Gasteiger partial charge in [-0.05, 0) is 36.0 Å². The van der Waals surface area contributed by atoms with Crippen LogP contribution in [-0.2, 0) is 6.42 Å². The Labute approximate surface area is 100 Å². The topological polar surface area (TPSA) is 0 Å². The number of unbranched alkanes of at least 4 members (excludes halogenated alkanes) is 3. The van der Waals surface area contributed by atoms with E-state index < -0.39 is 0 Å². The molecule has 0 aliphatic rings. The molecule has 0 heteroatoms. The van der Waals surface area contributed by atoms with Crippen molar-refractivity contribution in [2.24, 2.45) is 0 Å². The number of hydrogen-bond donors (Lipinski definition) is 0. The van der Waals surface area contributed by atoms with E-state index in [2.05, 4.69) is 44.7 Å². The summed E-state index contributed by atoms with van der Waals surface area (Å²) in [4.78, 5) is 0. The van der Waals surface area contributed by atoms with E-state index >= 15 is 0 Å². The van der Waals surface area contributed by atoms with Crippen molar-refractivity contribution in [1.82, 2.24) is 0 Å². The van der Waals surface area contributed by atoms with Crippen LogP contribution in [0.1, 0.15) is 57.1 Å². The molecule has 1 rings (SSSR count). The summed E-state index contributed by atoms with van der Waals surface area (Å²) >= 11 is 0. The highest BCUT2D eigenvalue weighted by Crippen LogP contribution is 2.23. The van der Waals surface area contributed by atoms with Crippen LogP contribution in [0.5, 0.6) is 0 Å². The quantitative estimate of drug-likeness (QED) is 0.547. The third kappa shape index (κ3) is 3.84. The molecule has 0 aliphatic carbocycles. The minimum absolute atomic E-state index is 1.10. The standard InChI is InChI=1S/C16H24/c1-4-6-7-8-11-14(3)16-13-10-9-12-15(16)5-2/h9-10,12-13H,3-8,11H2,1-2H3. The molecule has 0 atom stereocenters. The van der Waals surface area contributed by atoms with Crippen molar-refractivity contribution in [3.63, 3.8) is 0 Å². The van der Waals surface area contributed by atoms with Gasteiger partial charge in [-0.2, -0.15) is 0 Å². The number of hydrogen-bond acceptors (Lipinski definition) is 0. The molecule has 16 heavy (non-hydrogen) atoms. The van der Waals surface area contributed by atoms with Crippen molar-refractivity contribution >= 4 is 5.57 Å². The molecule has 0 amide bonds. The predicted octanol–water partition coefficient (Wildman–Crippen LogP) is 5.23. The van der Waals surface area contributed by atoms with Gasteiger partial charge in [0, 0.05) is 0 Å². The SMILES string of the molecule is C=C(CCCCCC)c1ccccc1CC. The summed E-state index contributed by atoms with van der Waals surface area (Å²) in [6.07, 6.45) is 7.52. The van der Waals surface area contributed by atoms with Gasteiger partial charge in [0.15, 0.2) is 0 Å². The van der Waals surface area contributed by atoms with Gasteiger partial charge in [0.1, 0.15) is 0 Å². The maximum Gasteiger partial charge on any atom is -0.0198 e. The monoisotopic (exact) mass is 216 g/mol. The third-order valence-electron chi connectivity index (χ3n) is 3.11. The molecule has 0 nitrogen and oxygen atoms in total. The highest BCUT2D eigenvalue weighted by molar-refractivity contribution is 5.66. The van der Waals surface area contributed by atoms with Gasteiger partial charge in [0.25, 0.3) is 0 Å². The summed E-state index contributed by atoms with van der Waals surface area (Å²) in [6.45, 7) is 8.69. The van der Waals surface area contributed by atoms with Gasteiger partial charge in [-0.1, -0.05) is 64.0 Å². The molecule has 0 bridgehead atoms. The van der Waals surface area contributed by atoms with Crippen LogP contribution in [0.25, 0.3) is 5.57 Å². The zero-order chi connectivity index (χ0) is 11.8. The van der Waals surface area contributed by atoms with Crippen LogP contribution in [0.4, 0.5) is 0 Å². The first-order chi connectivity index (χ1) is 7.79. The van der Waals surface area contributed by atoms with E-state index in [0.29, 0.717) is 0 Å². The molecule has 0 N–H and O–H groups in total. The zero-order valence-corrected chi connectivity index (χ0v) is 10.8. The van der Waals surface area contributed by atoms with Crippen molar-refractivity contribution in [2.75, 3.05) is 0 Å². The average Bonchev–Trinajstić information content (AvgIpc) is 2.34. The molecule has 0 radical (unpaired) electrons. The normalized spacial score (nSPS) is 10.4. The van der Waals surface area contributed by atoms with Crippen molar-refractivity contribution in [3.05, 3.63) is 42.0 Å². The predicted molar refractivity (Wildman–Crippen MR) is 73.6 cm³/mol. The van der Waals surface area contributed by atoms with Gasteiger partial charge in [0.2, 0.25) is 0 Å². The Kier molecular flexibility index (Phi) is 5.92. The van der Waals surface area contributed by atoms with Crippen LogP contribution in [0.2, 0.25) is 0 Å². The smallest absolute Gasteiger partial charge is 0.0198 e. The lowest BCUT2D eigenvalue weighted by molar-refractivity contribution is 0.679. The first kappa shape index (κ1) is 13.0. The van der Waals surface area contributed by atoms with Crippen molar-refractivity contribution in [2.45, 2.75) is 52.4 Å². The molecule has 88 valence electrons. The lowest BCUT2D eigenvalue weighted by Crippen LogP contribution is -1.91. The number of rotatable bonds is 7. The molecule has 0 unspecified atom stereocenters. The highest BCUT2D eigenvalue weighted by atomic mass is 14.1. The summed E-state index contributed by atoms with van der Waals surface area (Å²) in [7, 11) is 0. The van der Waals surface area contributed by atoms with Crippen molar-refractivity contribution < 1.29 is 0 Å². The Morgan fingerprint density at radius 1 is 1.06 bits per heavy atom. The summed E-state index contributed by atoms with van der Waals surface area (Å²) in [5, 5.41) is 0. The summed E-state index contributed by atoms with van der Waals surface area (Å²) in [6, 6.07) is 8.66. The van der Waals surface area contributed by atoms with Crippen LogP contribution in [0, 0.1) is 0 Å². The Balaban J connectivity index is 2.52. The van der Waals surface area contributed by atoms with E-state index in [1.165, 1.54) is 42.4 Å². The van der Waals surface area contributed by atoms with Crippen LogP contribution in [0.3, 0.4) is 0 Å². The van der Waals surface area contributed by atoms with Gasteiger partial charge in [-0.3, -0.25) is 0 Å². The van der Waals surface area contributed by atoms with Crippen molar-refractivity contribution in [3.8, 4) is 0 Å². The van der Waals surface area contributed by atoms with Crippen LogP contribution in [0.15, 0.2) is 30.8 Å². The molecule has 0 aromatic heterocycles. The molecule has 0 saturated heterocycles. The summed E-state index contributed by atoms with van der Waals surface area (Å²) < 4.78 is 0. The molecule has 0 aliphatic heterocycles. The maximum atomic E-state index is 4.23. The lowest BCUT2D eigenvalue weighted by atomic mass is 9.95. The van der Waals surface area contributed by atoms with Gasteiger partial charge in [-0.15, -0.1) is 0 Å².